The minimum absolute atomic E-state index is 0.125. The summed E-state index contributed by atoms with van der Waals surface area (Å²) in [6, 6.07) is 9.82. The van der Waals surface area contributed by atoms with Crippen molar-refractivity contribution < 1.29 is 9.53 Å². The molecule has 0 bridgehead atoms. The number of aromatic amines is 1. The Morgan fingerprint density at radius 3 is 2.83 bits per heavy atom. The summed E-state index contributed by atoms with van der Waals surface area (Å²) in [6.45, 7) is 6.22. The number of aromatic nitrogens is 2. The van der Waals surface area contributed by atoms with E-state index in [0.29, 0.717) is 6.61 Å². The molecule has 1 aromatic heterocycles. The molecule has 1 amide bonds. The second kappa shape index (κ2) is 7.97. The summed E-state index contributed by atoms with van der Waals surface area (Å²) in [5.74, 6) is 2.22. The van der Waals surface area contributed by atoms with Gasteiger partial charge in [0, 0.05) is 51.4 Å². The van der Waals surface area contributed by atoms with Crippen LogP contribution >= 0.6 is 0 Å². The van der Waals surface area contributed by atoms with Crippen LogP contribution in [0.25, 0.3) is 0 Å². The Kier molecular flexibility index (Phi) is 5.48. The van der Waals surface area contributed by atoms with Gasteiger partial charge in [0.05, 0.1) is 13.2 Å². The summed E-state index contributed by atoms with van der Waals surface area (Å²) in [7, 11) is 0. The van der Waals surface area contributed by atoms with Gasteiger partial charge in [0.25, 0.3) is 0 Å². The molecule has 0 radical (unpaired) electrons. The third-order valence-corrected chi connectivity index (χ3v) is 4.28. The van der Waals surface area contributed by atoms with Gasteiger partial charge < -0.3 is 14.6 Å². The standard InChI is InChI=1S/C18H24N4O2/c1-15(23)22-10-9-21(13-18-19-7-8-20-18)11-16(12-22)14-24-17-5-3-2-4-6-17/h2-8,16H,9-14H2,1H3,(H,19,20)/t16-/m0/s1. The predicted molar refractivity (Wildman–Crippen MR) is 91.5 cm³/mol. The lowest BCUT2D eigenvalue weighted by Gasteiger charge is -2.23. The number of amides is 1. The maximum atomic E-state index is 11.8. The molecule has 1 N–H and O–H groups in total. The number of hydrogen-bond donors (Lipinski definition) is 1. The van der Waals surface area contributed by atoms with Gasteiger partial charge in [0.2, 0.25) is 5.91 Å². The number of ether oxygens (including phenoxy) is 1. The Morgan fingerprint density at radius 2 is 2.12 bits per heavy atom. The molecule has 1 aromatic carbocycles. The van der Waals surface area contributed by atoms with Crippen LogP contribution in [-0.2, 0) is 11.3 Å². The zero-order valence-electron chi connectivity index (χ0n) is 14.0. The first-order valence-corrected chi connectivity index (χ1v) is 8.34. The van der Waals surface area contributed by atoms with E-state index in [4.69, 9.17) is 4.74 Å². The molecular formula is C18H24N4O2. The quantitative estimate of drug-likeness (QED) is 0.909. The molecule has 0 unspecified atom stereocenters. The summed E-state index contributed by atoms with van der Waals surface area (Å²) < 4.78 is 5.92. The maximum Gasteiger partial charge on any atom is 0.219 e. The number of carbonyl (C=O) groups is 1. The lowest BCUT2D eigenvalue weighted by atomic mass is 10.1. The molecule has 0 spiro atoms. The number of imidazole rings is 1. The van der Waals surface area contributed by atoms with E-state index >= 15 is 0 Å². The Hall–Kier alpha value is -2.34. The van der Waals surface area contributed by atoms with Crippen LogP contribution in [0.5, 0.6) is 5.75 Å². The van der Waals surface area contributed by atoms with Gasteiger partial charge in [-0.1, -0.05) is 18.2 Å². The Morgan fingerprint density at radius 1 is 1.29 bits per heavy atom. The normalized spacial score (nSPS) is 19.0. The summed E-state index contributed by atoms with van der Waals surface area (Å²) in [5.41, 5.74) is 0. The van der Waals surface area contributed by atoms with Crippen LogP contribution in [0.4, 0.5) is 0 Å². The van der Waals surface area contributed by atoms with Crippen molar-refractivity contribution in [3.05, 3.63) is 48.5 Å². The molecule has 1 aliphatic heterocycles. The number of H-pyrrole nitrogens is 1. The molecule has 2 heterocycles. The Bertz CT molecular complexity index is 630. The molecule has 6 nitrogen and oxygen atoms in total. The number of nitrogens with zero attached hydrogens (tertiary/aromatic N) is 3. The van der Waals surface area contributed by atoms with Gasteiger partial charge >= 0.3 is 0 Å². The fourth-order valence-electron chi connectivity index (χ4n) is 3.04. The molecule has 2 aromatic rings. The van der Waals surface area contributed by atoms with E-state index in [1.165, 1.54) is 0 Å². The molecule has 6 heteroatoms. The lowest BCUT2D eigenvalue weighted by Crippen LogP contribution is -2.35. The predicted octanol–water partition coefficient (Wildman–Crippen LogP) is 1.77. The fourth-order valence-corrected chi connectivity index (χ4v) is 3.04. The minimum Gasteiger partial charge on any atom is -0.493 e. The SMILES string of the molecule is CC(=O)N1CCN(Cc2ncc[nH]2)C[C@H](COc2ccccc2)C1. The summed E-state index contributed by atoms with van der Waals surface area (Å²) in [4.78, 5) is 23.5. The molecule has 1 atom stereocenters. The number of carbonyl (C=O) groups excluding carboxylic acids is 1. The van der Waals surface area contributed by atoms with Crippen molar-refractivity contribution >= 4 is 5.91 Å². The highest BCUT2D eigenvalue weighted by atomic mass is 16.5. The Balaban J connectivity index is 1.63. The highest BCUT2D eigenvalue weighted by Gasteiger charge is 2.25. The largest absolute Gasteiger partial charge is 0.493 e. The number of para-hydroxylation sites is 1. The van der Waals surface area contributed by atoms with E-state index < -0.39 is 0 Å². The van der Waals surface area contributed by atoms with Gasteiger partial charge in [-0.15, -0.1) is 0 Å². The highest BCUT2D eigenvalue weighted by molar-refractivity contribution is 5.73. The zero-order valence-corrected chi connectivity index (χ0v) is 14.0. The highest BCUT2D eigenvalue weighted by Crippen LogP contribution is 2.15. The molecule has 1 saturated heterocycles. The van der Waals surface area contributed by atoms with Gasteiger partial charge in [-0.25, -0.2) is 4.98 Å². The third-order valence-electron chi connectivity index (χ3n) is 4.28. The van der Waals surface area contributed by atoms with Gasteiger partial charge in [-0.2, -0.15) is 0 Å². The maximum absolute atomic E-state index is 11.8. The van der Waals surface area contributed by atoms with Crippen LogP contribution in [0.3, 0.4) is 0 Å². The molecule has 24 heavy (non-hydrogen) atoms. The molecule has 1 aliphatic rings. The van der Waals surface area contributed by atoms with Crippen molar-refractivity contribution in [1.29, 1.82) is 0 Å². The first kappa shape index (κ1) is 16.5. The average Bonchev–Trinajstić information content (AvgIpc) is 3.00. The average molecular weight is 328 g/mol. The fraction of sp³-hybridized carbons (Fsp3) is 0.444. The smallest absolute Gasteiger partial charge is 0.219 e. The van der Waals surface area contributed by atoms with E-state index in [0.717, 1.165) is 44.3 Å². The van der Waals surface area contributed by atoms with Crippen molar-refractivity contribution in [1.82, 2.24) is 19.8 Å². The van der Waals surface area contributed by atoms with Crippen molar-refractivity contribution in [3.8, 4) is 5.75 Å². The zero-order chi connectivity index (χ0) is 16.8. The van der Waals surface area contributed by atoms with Crippen LogP contribution < -0.4 is 4.74 Å². The van der Waals surface area contributed by atoms with Crippen molar-refractivity contribution in [2.45, 2.75) is 13.5 Å². The van der Waals surface area contributed by atoms with Crippen LogP contribution in [-0.4, -0.2) is 58.5 Å². The van der Waals surface area contributed by atoms with Crippen LogP contribution in [0.2, 0.25) is 0 Å². The Labute approximate surface area is 142 Å². The van der Waals surface area contributed by atoms with E-state index in [9.17, 15) is 4.79 Å². The minimum atomic E-state index is 0.125. The first-order chi connectivity index (χ1) is 11.7. The van der Waals surface area contributed by atoms with Gasteiger partial charge in [-0.05, 0) is 12.1 Å². The number of hydrogen-bond acceptors (Lipinski definition) is 4. The van der Waals surface area contributed by atoms with Crippen molar-refractivity contribution in [2.75, 3.05) is 32.8 Å². The van der Waals surface area contributed by atoms with Crippen LogP contribution in [0.1, 0.15) is 12.7 Å². The van der Waals surface area contributed by atoms with Crippen molar-refractivity contribution in [2.24, 2.45) is 5.92 Å². The summed E-state index contributed by atoms with van der Waals surface area (Å²) in [6.07, 6.45) is 3.61. The van der Waals surface area contributed by atoms with Crippen LogP contribution in [0, 0.1) is 5.92 Å². The molecule has 128 valence electrons. The van der Waals surface area contributed by atoms with E-state index in [1.807, 2.05) is 41.4 Å². The van der Waals surface area contributed by atoms with Gasteiger partial charge in [0.1, 0.15) is 11.6 Å². The number of nitrogens with one attached hydrogen (secondary N) is 1. The molecule has 0 saturated carbocycles. The number of rotatable bonds is 5. The van der Waals surface area contributed by atoms with E-state index in [-0.39, 0.29) is 11.8 Å². The second-order valence-electron chi connectivity index (χ2n) is 6.23. The molecule has 3 rings (SSSR count). The lowest BCUT2D eigenvalue weighted by molar-refractivity contribution is -0.129. The van der Waals surface area contributed by atoms with Gasteiger partial charge in [0.15, 0.2) is 0 Å². The third kappa shape index (κ3) is 4.58. The van der Waals surface area contributed by atoms with Gasteiger partial charge in [-0.3, -0.25) is 9.69 Å². The topological polar surface area (TPSA) is 61.5 Å². The second-order valence-corrected chi connectivity index (χ2v) is 6.23. The van der Waals surface area contributed by atoms with E-state index in [2.05, 4.69) is 14.9 Å². The van der Waals surface area contributed by atoms with Crippen LogP contribution in [0.15, 0.2) is 42.7 Å². The van der Waals surface area contributed by atoms with Crippen molar-refractivity contribution in [3.63, 3.8) is 0 Å². The summed E-state index contributed by atoms with van der Waals surface area (Å²) in [5, 5.41) is 0. The molecular weight excluding hydrogens is 304 g/mol. The summed E-state index contributed by atoms with van der Waals surface area (Å²) >= 11 is 0. The monoisotopic (exact) mass is 328 g/mol. The number of benzene rings is 1. The molecule has 0 aliphatic carbocycles. The van der Waals surface area contributed by atoms with E-state index in [1.54, 1.807) is 13.1 Å². The molecule has 1 fully saturated rings. The first-order valence-electron chi connectivity index (χ1n) is 8.34.